The molecule has 0 fully saturated rings. The number of nitrogens with zero attached hydrogens (tertiary/aromatic N) is 2. The van der Waals surface area contributed by atoms with Crippen molar-refractivity contribution in [1.29, 1.82) is 0 Å². The van der Waals surface area contributed by atoms with Gasteiger partial charge >= 0.3 is 0 Å². The average molecular weight is 254 g/mol. The standard InChI is InChI=1S/C16H18N2O/c1-13(10-18-8-7-17-12-18)9-16(2)11-19-15-6-4-3-5-14(15)16/h3-8,12H,1,9-11H2,2H3. The topological polar surface area (TPSA) is 27.1 Å². The van der Waals surface area contributed by atoms with Crippen LogP contribution in [0.1, 0.15) is 18.9 Å². The summed E-state index contributed by atoms with van der Waals surface area (Å²) < 4.78 is 7.84. The highest BCUT2D eigenvalue weighted by Crippen LogP contribution is 2.42. The smallest absolute Gasteiger partial charge is 0.123 e. The number of para-hydroxylation sites is 1. The molecule has 2 aromatic rings. The van der Waals surface area contributed by atoms with Crippen molar-refractivity contribution in [1.82, 2.24) is 9.55 Å². The van der Waals surface area contributed by atoms with Crippen LogP contribution >= 0.6 is 0 Å². The van der Waals surface area contributed by atoms with Crippen molar-refractivity contribution in [3.05, 3.63) is 60.7 Å². The van der Waals surface area contributed by atoms with E-state index in [4.69, 9.17) is 4.74 Å². The zero-order valence-corrected chi connectivity index (χ0v) is 11.2. The highest BCUT2D eigenvalue weighted by Gasteiger charge is 2.36. The lowest BCUT2D eigenvalue weighted by atomic mass is 9.79. The van der Waals surface area contributed by atoms with Crippen LogP contribution in [0.4, 0.5) is 0 Å². The van der Waals surface area contributed by atoms with Crippen molar-refractivity contribution in [2.45, 2.75) is 25.3 Å². The first-order valence-corrected chi connectivity index (χ1v) is 6.52. The second-order valence-corrected chi connectivity index (χ2v) is 5.51. The van der Waals surface area contributed by atoms with Crippen molar-refractivity contribution in [2.75, 3.05) is 6.61 Å². The van der Waals surface area contributed by atoms with Crippen LogP contribution in [0, 0.1) is 0 Å². The Morgan fingerprint density at radius 2 is 2.32 bits per heavy atom. The molecule has 1 aliphatic heterocycles. The first-order valence-electron chi connectivity index (χ1n) is 6.52. The predicted molar refractivity (Wildman–Crippen MR) is 75.3 cm³/mol. The number of allylic oxidation sites excluding steroid dienone is 1. The van der Waals surface area contributed by atoms with E-state index in [2.05, 4.69) is 30.6 Å². The molecule has 1 aromatic heterocycles. The Bertz CT molecular complexity index is 589. The molecule has 0 amide bonds. The molecular weight excluding hydrogens is 236 g/mol. The summed E-state index contributed by atoms with van der Waals surface area (Å²) in [4.78, 5) is 4.06. The molecule has 0 spiro atoms. The lowest BCUT2D eigenvalue weighted by Crippen LogP contribution is -2.25. The van der Waals surface area contributed by atoms with Crippen LogP contribution in [0.5, 0.6) is 5.75 Å². The number of benzene rings is 1. The van der Waals surface area contributed by atoms with E-state index in [0.717, 1.165) is 25.3 Å². The third kappa shape index (κ3) is 2.28. The summed E-state index contributed by atoms with van der Waals surface area (Å²) in [5.41, 5.74) is 2.52. The molecule has 1 aromatic carbocycles. The van der Waals surface area contributed by atoms with Gasteiger partial charge in [-0.25, -0.2) is 4.98 Å². The molecule has 2 heterocycles. The van der Waals surface area contributed by atoms with Gasteiger partial charge in [0.1, 0.15) is 5.75 Å². The highest BCUT2D eigenvalue weighted by atomic mass is 16.5. The molecule has 19 heavy (non-hydrogen) atoms. The monoisotopic (exact) mass is 254 g/mol. The summed E-state index contributed by atoms with van der Waals surface area (Å²) in [5, 5.41) is 0. The first-order chi connectivity index (χ1) is 9.17. The second-order valence-electron chi connectivity index (χ2n) is 5.51. The summed E-state index contributed by atoms with van der Waals surface area (Å²) in [6.07, 6.45) is 6.52. The van der Waals surface area contributed by atoms with Crippen LogP contribution < -0.4 is 4.74 Å². The number of ether oxygens (including phenoxy) is 1. The summed E-state index contributed by atoms with van der Waals surface area (Å²) >= 11 is 0. The predicted octanol–water partition coefficient (Wildman–Crippen LogP) is 3.18. The molecule has 0 saturated carbocycles. The van der Waals surface area contributed by atoms with Crippen LogP contribution in [-0.4, -0.2) is 16.2 Å². The Morgan fingerprint density at radius 1 is 1.47 bits per heavy atom. The van der Waals surface area contributed by atoms with E-state index >= 15 is 0 Å². The summed E-state index contributed by atoms with van der Waals surface area (Å²) in [6.45, 7) is 8.00. The van der Waals surface area contributed by atoms with Gasteiger partial charge in [-0.2, -0.15) is 0 Å². The quantitative estimate of drug-likeness (QED) is 0.784. The summed E-state index contributed by atoms with van der Waals surface area (Å²) in [7, 11) is 0. The number of fused-ring (bicyclic) bond motifs is 1. The molecule has 3 nitrogen and oxygen atoms in total. The molecule has 98 valence electrons. The van der Waals surface area contributed by atoms with Crippen molar-refractivity contribution >= 4 is 0 Å². The molecule has 0 aliphatic carbocycles. The lowest BCUT2D eigenvalue weighted by molar-refractivity contribution is 0.275. The minimum atomic E-state index is 0.0360. The normalized spacial score (nSPS) is 20.9. The van der Waals surface area contributed by atoms with Crippen molar-refractivity contribution < 1.29 is 4.74 Å². The van der Waals surface area contributed by atoms with Crippen LogP contribution in [0.15, 0.2) is 55.1 Å². The van der Waals surface area contributed by atoms with E-state index in [1.54, 1.807) is 6.20 Å². The fraction of sp³-hybridized carbons (Fsp3) is 0.312. The fourth-order valence-electron chi connectivity index (χ4n) is 2.80. The van der Waals surface area contributed by atoms with Gasteiger partial charge in [-0.05, 0) is 12.5 Å². The van der Waals surface area contributed by atoms with E-state index in [-0.39, 0.29) is 5.41 Å². The Morgan fingerprint density at radius 3 is 3.11 bits per heavy atom. The Hall–Kier alpha value is -2.03. The summed E-state index contributed by atoms with van der Waals surface area (Å²) in [6, 6.07) is 8.29. The number of imidazole rings is 1. The maximum Gasteiger partial charge on any atom is 0.123 e. The van der Waals surface area contributed by atoms with Gasteiger partial charge in [0, 0.05) is 29.9 Å². The van der Waals surface area contributed by atoms with E-state index in [1.165, 1.54) is 11.1 Å². The van der Waals surface area contributed by atoms with Gasteiger partial charge in [0.05, 0.1) is 12.9 Å². The van der Waals surface area contributed by atoms with E-state index in [0.29, 0.717) is 0 Å². The van der Waals surface area contributed by atoms with Crippen LogP contribution in [0.25, 0.3) is 0 Å². The molecule has 1 aliphatic rings. The third-order valence-electron chi connectivity index (χ3n) is 3.69. The van der Waals surface area contributed by atoms with Crippen LogP contribution in [0.2, 0.25) is 0 Å². The van der Waals surface area contributed by atoms with Crippen LogP contribution in [-0.2, 0) is 12.0 Å². The van der Waals surface area contributed by atoms with Gasteiger partial charge in [-0.15, -0.1) is 0 Å². The number of rotatable bonds is 4. The van der Waals surface area contributed by atoms with Gasteiger partial charge in [0.25, 0.3) is 0 Å². The Kier molecular flexibility index (Phi) is 2.90. The van der Waals surface area contributed by atoms with Gasteiger partial charge in [0.2, 0.25) is 0 Å². The molecule has 3 rings (SSSR count). The minimum Gasteiger partial charge on any atom is -0.492 e. The Balaban J connectivity index is 1.75. The van der Waals surface area contributed by atoms with Crippen molar-refractivity contribution in [2.24, 2.45) is 0 Å². The Labute approximate surface area is 113 Å². The second kappa shape index (κ2) is 4.57. The van der Waals surface area contributed by atoms with Gasteiger partial charge in [0.15, 0.2) is 0 Å². The average Bonchev–Trinajstić information content (AvgIpc) is 2.99. The van der Waals surface area contributed by atoms with Crippen molar-refractivity contribution in [3.63, 3.8) is 0 Å². The molecule has 3 heteroatoms. The van der Waals surface area contributed by atoms with Gasteiger partial charge in [-0.1, -0.05) is 37.3 Å². The zero-order chi connectivity index (χ0) is 13.3. The highest BCUT2D eigenvalue weighted by molar-refractivity contribution is 5.43. The number of hydrogen-bond donors (Lipinski definition) is 0. The molecule has 1 atom stereocenters. The maximum absolute atomic E-state index is 5.79. The van der Waals surface area contributed by atoms with Crippen LogP contribution in [0.3, 0.4) is 0 Å². The van der Waals surface area contributed by atoms with Gasteiger partial charge in [-0.3, -0.25) is 0 Å². The SMILES string of the molecule is C=C(Cn1ccnc1)CC1(C)COc2ccccc21. The number of aromatic nitrogens is 2. The minimum absolute atomic E-state index is 0.0360. The molecule has 0 saturated heterocycles. The molecule has 0 N–H and O–H groups in total. The summed E-state index contributed by atoms with van der Waals surface area (Å²) in [5.74, 6) is 1.01. The van der Waals surface area contributed by atoms with E-state index in [9.17, 15) is 0 Å². The fourth-order valence-corrected chi connectivity index (χ4v) is 2.80. The lowest BCUT2D eigenvalue weighted by Gasteiger charge is -2.24. The molecular formula is C16H18N2O. The first kappa shape index (κ1) is 12.0. The maximum atomic E-state index is 5.79. The molecule has 0 bridgehead atoms. The number of hydrogen-bond acceptors (Lipinski definition) is 2. The largest absolute Gasteiger partial charge is 0.492 e. The van der Waals surface area contributed by atoms with E-state index in [1.807, 2.05) is 29.2 Å². The van der Waals surface area contributed by atoms with Gasteiger partial charge < -0.3 is 9.30 Å². The van der Waals surface area contributed by atoms with Crippen molar-refractivity contribution in [3.8, 4) is 5.75 Å². The zero-order valence-electron chi connectivity index (χ0n) is 11.2. The third-order valence-corrected chi connectivity index (χ3v) is 3.69. The molecule has 0 radical (unpaired) electrons. The van der Waals surface area contributed by atoms with E-state index < -0.39 is 0 Å². The molecule has 1 unspecified atom stereocenters.